The Morgan fingerprint density at radius 1 is 0.891 bits per heavy atom. The Morgan fingerprint density at radius 3 is 2.15 bits per heavy atom. The molecule has 10 heteroatoms. The van der Waals surface area contributed by atoms with Crippen LogP contribution in [0.4, 0.5) is 5.69 Å². The van der Waals surface area contributed by atoms with E-state index in [1.165, 1.54) is 16.7 Å². The Bertz CT molecular complexity index is 1720. The van der Waals surface area contributed by atoms with Gasteiger partial charge in [0.2, 0.25) is 11.8 Å². The zero-order valence-electron chi connectivity index (χ0n) is 26.5. The van der Waals surface area contributed by atoms with Crippen molar-refractivity contribution in [3.8, 4) is 0 Å². The minimum Gasteiger partial charge on any atom is -0.352 e. The molecule has 0 radical (unpaired) electrons. The Hall–Kier alpha value is -3.79. The molecule has 0 saturated heterocycles. The van der Waals surface area contributed by atoms with Crippen molar-refractivity contribution in [1.29, 1.82) is 0 Å². The third-order valence-electron chi connectivity index (χ3n) is 7.76. The molecule has 0 saturated carbocycles. The van der Waals surface area contributed by atoms with Crippen molar-refractivity contribution < 1.29 is 18.0 Å². The smallest absolute Gasteiger partial charge is 0.264 e. The lowest BCUT2D eigenvalue weighted by molar-refractivity contribution is -0.140. The van der Waals surface area contributed by atoms with Gasteiger partial charge >= 0.3 is 0 Å². The molecule has 4 aromatic rings. The van der Waals surface area contributed by atoms with Gasteiger partial charge in [-0.1, -0.05) is 78.7 Å². The lowest BCUT2D eigenvalue weighted by atomic mass is 10.0. The van der Waals surface area contributed by atoms with E-state index in [9.17, 15) is 18.0 Å². The number of amides is 2. The molecule has 2 atom stereocenters. The van der Waals surface area contributed by atoms with Gasteiger partial charge < -0.3 is 10.2 Å². The van der Waals surface area contributed by atoms with Crippen molar-refractivity contribution in [2.45, 2.75) is 62.0 Å². The monoisotopic (exact) mass is 677 g/mol. The summed E-state index contributed by atoms with van der Waals surface area (Å²) in [5, 5.41) is 3.54. The maximum Gasteiger partial charge on any atom is 0.264 e. The number of carbonyl (C=O) groups excluding carboxylic acids is 2. The third kappa shape index (κ3) is 9.15. The second-order valence-electron chi connectivity index (χ2n) is 11.2. The van der Waals surface area contributed by atoms with Crippen LogP contribution in [0.25, 0.3) is 0 Å². The van der Waals surface area contributed by atoms with Gasteiger partial charge in [0.15, 0.2) is 0 Å². The molecule has 0 aliphatic carbocycles. The van der Waals surface area contributed by atoms with Crippen LogP contribution in [0.5, 0.6) is 0 Å². The average molecular weight is 678 g/mol. The maximum absolute atomic E-state index is 14.6. The van der Waals surface area contributed by atoms with Crippen LogP contribution in [0.1, 0.15) is 37.0 Å². The number of nitrogens with one attached hydrogen (secondary N) is 1. The summed E-state index contributed by atoms with van der Waals surface area (Å²) in [7, 11) is -4.17. The molecule has 7 nitrogen and oxygen atoms in total. The second-order valence-corrected chi connectivity index (χ2v) is 14.4. The topological polar surface area (TPSA) is 86.8 Å². The number of hydrogen-bond acceptors (Lipinski definition) is 5. The fourth-order valence-corrected chi connectivity index (χ4v) is 6.98. The van der Waals surface area contributed by atoms with E-state index in [0.717, 1.165) is 20.3 Å². The van der Waals surface area contributed by atoms with Crippen molar-refractivity contribution in [3.05, 3.63) is 125 Å². The van der Waals surface area contributed by atoms with Crippen LogP contribution < -0.4 is 9.62 Å². The highest BCUT2D eigenvalue weighted by atomic mass is 35.5. The summed E-state index contributed by atoms with van der Waals surface area (Å²) >= 11 is 7.83. The van der Waals surface area contributed by atoms with Gasteiger partial charge in [0, 0.05) is 28.9 Å². The highest BCUT2D eigenvalue weighted by Gasteiger charge is 2.35. The second kappa shape index (κ2) is 16.2. The number of sulfonamides is 1. The van der Waals surface area contributed by atoms with Crippen LogP contribution in [-0.4, -0.2) is 50.0 Å². The molecule has 46 heavy (non-hydrogen) atoms. The van der Waals surface area contributed by atoms with Gasteiger partial charge in [-0.2, -0.15) is 0 Å². The first-order chi connectivity index (χ1) is 22.0. The Kier molecular flexibility index (Phi) is 12.3. The van der Waals surface area contributed by atoms with E-state index in [1.807, 2.05) is 63.4 Å². The first-order valence-corrected chi connectivity index (χ1v) is 18.2. The average Bonchev–Trinajstić information content (AvgIpc) is 3.06. The fourth-order valence-electron chi connectivity index (χ4n) is 4.94. The van der Waals surface area contributed by atoms with E-state index < -0.39 is 28.5 Å². The van der Waals surface area contributed by atoms with E-state index in [0.29, 0.717) is 22.7 Å². The molecule has 2 unspecified atom stereocenters. The fraction of sp³-hybridized carbons (Fsp3) is 0.278. The maximum atomic E-state index is 14.6. The summed E-state index contributed by atoms with van der Waals surface area (Å²) in [5.74, 6) is -0.837. The number of nitrogens with zero attached hydrogens (tertiary/aromatic N) is 2. The minimum atomic E-state index is -4.17. The van der Waals surface area contributed by atoms with Gasteiger partial charge in [0.05, 0.1) is 10.6 Å². The van der Waals surface area contributed by atoms with E-state index in [4.69, 9.17) is 11.6 Å². The first-order valence-electron chi connectivity index (χ1n) is 15.1. The van der Waals surface area contributed by atoms with Crippen LogP contribution in [0.15, 0.2) is 113 Å². The van der Waals surface area contributed by atoms with Gasteiger partial charge in [0.1, 0.15) is 12.6 Å². The molecule has 0 aliphatic heterocycles. The number of carbonyl (C=O) groups is 2. The van der Waals surface area contributed by atoms with Crippen LogP contribution in [0.3, 0.4) is 0 Å². The minimum absolute atomic E-state index is 0.0506. The van der Waals surface area contributed by atoms with E-state index in [2.05, 4.69) is 5.32 Å². The Labute approximate surface area is 282 Å². The van der Waals surface area contributed by atoms with Crippen LogP contribution in [-0.2, 0) is 32.6 Å². The quantitative estimate of drug-likeness (QED) is 0.144. The molecule has 4 rings (SSSR count). The highest BCUT2D eigenvalue weighted by molar-refractivity contribution is 7.98. The first kappa shape index (κ1) is 35.1. The summed E-state index contributed by atoms with van der Waals surface area (Å²) < 4.78 is 29.5. The van der Waals surface area contributed by atoms with E-state index in [1.54, 1.807) is 66.7 Å². The standard InChI is InChI=1S/C36H40ClN3O4S2/c1-5-27(3)38-36(42)34(23-28-10-7-6-8-11-28)39(24-29-12-9-13-30(37)22-29)35(41)25-40(31-16-14-26(2)15-17-31)46(43,44)33-20-18-32(45-4)19-21-33/h6-22,27,34H,5,23-25H2,1-4H3,(H,38,42). The molecule has 2 amide bonds. The molecule has 0 bridgehead atoms. The molecule has 0 fully saturated rings. The number of benzene rings is 4. The van der Waals surface area contributed by atoms with Crippen LogP contribution >= 0.6 is 23.4 Å². The zero-order chi connectivity index (χ0) is 33.3. The number of anilines is 1. The summed E-state index contributed by atoms with van der Waals surface area (Å²) in [6.45, 7) is 5.33. The highest BCUT2D eigenvalue weighted by Crippen LogP contribution is 2.27. The Balaban J connectivity index is 1.80. The van der Waals surface area contributed by atoms with Gasteiger partial charge in [-0.05, 0) is 86.2 Å². The summed E-state index contributed by atoms with van der Waals surface area (Å²) in [6, 6.07) is 29.1. The molecular weight excluding hydrogens is 638 g/mol. The predicted molar refractivity (Wildman–Crippen MR) is 188 cm³/mol. The van der Waals surface area contributed by atoms with Gasteiger partial charge in [-0.3, -0.25) is 13.9 Å². The number of thioether (sulfide) groups is 1. The number of rotatable bonds is 14. The molecule has 4 aromatic carbocycles. The van der Waals surface area contributed by atoms with Gasteiger partial charge in [0.25, 0.3) is 10.0 Å². The normalized spacial score (nSPS) is 12.6. The number of halogens is 1. The predicted octanol–water partition coefficient (Wildman–Crippen LogP) is 7.12. The molecule has 242 valence electrons. The third-order valence-corrected chi connectivity index (χ3v) is 10.5. The molecule has 0 heterocycles. The van der Waals surface area contributed by atoms with E-state index >= 15 is 0 Å². The zero-order valence-corrected chi connectivity index (χ0v) is 28.9. The lowest BCUT2D eigenvalue weighted by Gasteiger charge is -2.34. The molecule has 0 aliphatic rings. The van der Waals surface area contributed by atoms with Crippen molar-refractivity contribution in [2.75, 3.05) is 17.1 Å². The molecule has 0 aromatic heterocycles. The Morgan fingerprint density at radius 2 is 1.54 bits per heavy atom. The largest absolute Gasteiger partial charge is 0.352 e. The van der Waals surface area contributed by atoms with Gasteiger partial charge in [-0.25, -0.2) is 8.42 Å². The van der Waals surface area contributed by atoms with Crippen molar-refractivity contribution in [1.82, 2.24) is 10.2 Å². The number of hydrogen-bond donors (Lipinski definition) is 1. The van der Waals surface area contributed by atoms with Gasteiger partial charge in [-0.15, -0.1) is 11.8 Å². The van der Waals surface area contributed by atoms with Crippen molar-refractivity contribution >= 4 is 50.9 Å². The lowest BCUT2D eigenvalue weighted by Crippen LogP contribution is -2.54. The van der Waals surface area contributed by atoms with E-state index in [-0.39, 0.29) is 29.8 Å². The molecule has 0 spiro atoms. The summed E-state index contributed by atoms with van der Waals surface area (Å²) in [6.07, 6.45) is 2.86. The number of aryl methyl sites for hydroxylation is 1. The molecular formula is C36H40ClN3O4S2. The van der Waals surface area contributed by atoms with Crippen LogP contribution in [0, 0.1) is 6.92 Å². The van der Waals surface area contributed by atoms with Crippen molar-refractivity contribution in [3.63, 3.8) is 0 Å². The molecule has 1 N–H and O–H groups in total. The van der Waals surface area contributed by atoms with Crippen molar-refractivity contribution in [2.24, 2.45) is 0 Å². The summed E-state index contributed by atoms with van der Waals surface area (Å²) in [5.41, 5.74) is 2.88. The van der Waals surface area contributed by atoms with Crippen LogP contribution in [0.2, 0.25) is 5.02 Å². The summed E-state index contributed by atoms with van der Waals surface area (Å²) in [4.78, 5) is 30.9. The SMILES string of the molecule is CCC(C)NC(=O)C(Cc1ccccc1)N(Cc1cccc(Cl)c1)C(=O)CN(c1ccc(C)cc1)S(=O)(=O)c1ccc(SC)cc1.